The highest BCUT2D eigenvalue weighted by molar-refractivity contribution is 5.93. The largest absolute Gasteiger partial charge is 0.392 e. The van der Waals surface area contributed by atoms with Crippen molar-refractivity contribution >= 4 is 11.6 Å². The number of amides is 1. The normalized spacial score (nSPS) is 24.5. The zero-order chi connectivity index (χ0) is 18.1. The van der Waals surface area contributed by atoms with Crippen molar-refractivity contribution in [2.75, 3.05) is 25.0 Å². The number of hydrogen-bond donors (Lipinski definition) is 2. The molecule has 3 saturated heterocycles. The highest BCUT2D eigenvalue weighted by Gasteiger charge is 2.38. The molecule has 2 aromatic carbocycles. The summed E-state index contributed by atoms with van der Waals surface area (Å²) in [5, 5.41) is 12.1. The summed E-state index contributed by atoms with van der Waals surface area (Å²) in [6.45, 7) is 2.80. The number of piperidine rings is 3. The molecule has 0 spiro atoms. The van der Waals surface area contributed by atoms with E-state index in [1.54, 1.807) is 12.1 Å². The molecule has 0 aromatic heterocycles. The van der Waals surface area contributed by atoms with E-state index in [9.17, 15) is 9.18 Å². The second kappa shape index (κ2) is 7.17. The first-order valence-corrected chi connectivity index (χ1v) is 9.17. The van der Waals surface area contributed by atoms with Gasteiger partial charge in [-0.3, -0.25) is 4.79 Å². The smallest absolute Gasteiger partial charge is 0.229 e. The Bertz CT molecular complexity index is 798. The Kier molecular flexibility index (Phi) is 4.74. The maximum Gasteiger partial charge on any atom is 0.229 e. The molecule has 4 nitrogen and oxygen atoms in total. The zero-order valence-electron chi connectivity index (χ0n) is 14.6. The minimum atomic E-state index is -0.412. The third kappa shape index (κ3) is 3.37. The molecule has 136 valence electrons. The molecule has 1 unspecified atom stereocenters. The number of fused-ring (bicyclic) bond motifs is 3. The Morgan fingerprint density at radius 3 is 2.38 bits per heavy atom. The molecule has 0 saturated carbocycles. The number of aliphatic hydroxyl groups is 1. The Morgan fingerprint density at radius 1 is 1.12 bits per heavy atom. The molecule has 3 aliphatic rings. The van der Waals surface area contributed by atoms with Gasteiger partial charge in [-0.05, 0) is 61.2 Å². The van der Waals surface area contributed by atoms with Gasteiger partial charge >= 0.3 is 0 Å². The molecule has 3 heterocycles. The molecule has 0 radical (unpaired) electrons. The van der Waals surface area contributed by atoms with Crippen LogP contribution in [0.5, 0.6) is 0 Å². The number of carbonyl (C=O) groups is 1. The monoisotopic (exact) mass is 354 g/mol. The predicted octanol–water partition coefficient (Wildman–Crippen LogP) is 3.27. The first-order chi connectivity index (χ1) is 12.6. The lowest BCUT2D eigenvalue weighted by Gasteiger charge is -2.43. The molecule has 1 amide bonds. The van der Waals surface area contributed by atoms with E-state index in [0.717, 1.165) is 49.3 Å². The number of aliphatic hydroxyl groups excluding tert-OH is 1. The summed E-state index contributed by atoms with van der Waals surface area (Å²) in [5.41, 5.74) is 2.67. The summed E-state index contributed by atoms with van der Waals surface area (Å²) in [6, 6.07) is 12.3. The van der Waals surface area contributed by atoms with Crippen molar-refractivity contribution in [1.29, 1.82) is 0 Å². The quantitative estimate of drug-likeness (QED) is 0.886. The van der Waals surface area contributed by atoms with E-state index in [0.29, 0.717) is 5.92 Å². The number of nitrogens with one attached hydrogen (secondary N) is 1. The fourth-order valence-electron chi connectivity index (χ4n) is 4.10. The van der Waals surface area contributed by atoms with Gasteiger partial charge in [0.05, 0.1) is 12.5 Å². The second-order valence-electron chi connectivity index (χ2n) is 7.28. The molecule has 2 N–H and O–H groups in total. The summed E-state index contributed by atoms with van der Waals surface area (Å²) in [4.78, 5) is 15.0. The first kappa shape index (κ1) is 17.2. The van der Waals surface area contributed by atoms with Crippen LogP contribution >= 0.6 is 0 Å². The molecule has 0 aliphatic carbocycles. The highest BCUT2D eigenvalue weighted by Crippen LogP contribution is 2.33. The van der Waals surface area contributed by atoms with Crippen LogP contribution in [0.25, 0.3) is 11.1 Å². The maximum absolute atomic E-state index is 13.8. The summed E-state index contributed by atoms with van der Waals surface area (Å²) in [5.74, 6) is 0.278. The lowest BCUT2D eigenvalue weighted by atomic mass is 9.78. The number of halogens is 1. The van der Waals surface area contributed by atoms with Gasteiger partial charge in [-0.15, -0.1) is 0 Å². The Hall–Kier alpha value is -2.24. The van der Waals surface area contributed by atoms with Crippen molar-refractivity contribution in [3.8, 4) is 11.1 Å². The van der Waals surface area contributed by atoms with Gasteiger partial charge in [0.1, 0.15) is 5.82 Å². The first-order valence-electron chi connectivity index (χ1n) is 9.17. The summed E-state index contributed by atoms with van der Waals surface area (Å²) < 4.78 is 13.8. The van der Waals surface area contributed by atoms with E-state index in [1.165, 1.54) is 6.07 Å². The predicted molar refractivity (Wildman–Crippen MR) is 99.0 cm³/mol. The van der Waals surface area contributed by atoms with Crippen LogP contribution in [-0.4, -0.2) is 35.5 Å². The van der Waals surface area contributed by atoms with E-state index < -0.39 is 5.82 Å². The second-order valence-corrected chi connectivity index (χ2v) is 7.28. The van der Waals surface area contributed by atoms with Gasteiger partial charge in [0, 0.05) is 17.8 Å². The number of hydrogen-bond acceptors (Lipinski definition) is 3. The maximum atomic E-state index is 13.8. The molecule has 5 heteroatoms. The van der Waals surface area contributed by atoms with Crippen molar-refractivity contribution in [3.05, 3.63) is 53.8 Å². The lowest BCUT2D eigenvalue weighted by molar-refractivity contribution is -0.125. The molecule has 2 bridgehead atoms. The minimum Gasteiger partial charge on any atom is -0.392 e. The van der Waals surface area contributed by atoms with Gasteiger partial charge in [0.2, 0.25) is 5.91 Å². The molecule has 1 atom stereocenters. The SMILES string of the molecule is O=C(Nc1ccc(-c2ccc(CO)c(F)c2)cc1)C1CN2CCC1CC2. The van der Waals surface area contributed by atoms with Crippen molar-refractivity contribution < 1.29 is 14.3 Å². The average molecular weight is 354 g/mol. The number of anilines is 1. The van der Waals surface area contributed by atoms with E-state index in [4.69, 9.17) is 5.11 Å². The van der Waals surface area contributed by atoms with Gasteiger partial charge < -0.3 is 15.3 Å². The average Bonchev–Trinajstić information content (AvgIpc) is 2.69. The van der Waals surface area contributed by atoms with E-state index in [-0.39, 0.29) is 24.0 Å². The van der Waals surface area contributed by atoms with Crippen LogP contribution in [0.4, 0.5) is 10.1 Å². The molecule has 26 heavy (non-hydrogen) atoms. The van der Waals surface area contributed by atoms with Crippen molar-refractivity contribution in [2.24, 2.45) is 11.8 Å². The van der Waals surface area contributed by atoms with Crippen LogP contribution in [0.3, 0.4) is 0 Å². The van der Waals surface area contributed by atoms with Crippen LogP contribution < -0.4 is 5.32 Å². The van der Waals surface area contributed by atoms with E-state index in [1.807, 2.05) is 24.3 Å². The van der Waals surface area contributed by atoms with Gasteiger partial charge in [0.15, 0.2) is 0 Å². The number of carbonyl (C=O) groups excluding carboxylic acids is 1. The van der Waals surface area contributed by atoms with Crippen LogP contribution in [0.1, 0.15) is 18.4 Å². The fraction of sp³-hybridized carbons (Fsp3) is 0.381. The molecule has 3 fully saturated rings. The highest BCUT2D eigenvalue weighted by atomic mass is 19.1. The standard InChI is InChI=1S/C21H23FN2O2/c22-20-11-16(1-2-17(20)13-25)14-3-5-18(6-4-14)23-21(26)19-12-24-9-7-15(19)8-10-24/h1-6,11,15,19,25H,7-10,12-13H2,(H,23,26). The molecular weight excluding hydrogens is 331 g/mol. The summed E-state index contributed by atoms with van der Waals surface area (Å²) in [7, 11) is 0. The Labute approximate surface area is 152 Å². The summed E-state index contributed by atoms with van der Waals surface area (Å²) in [6.07, 6.45) is 2.23. The molecule has 2 aromatic rings. The van der Waals surface area contributed by atoms with Crippen molar-refractivity contribution in [3.63, 3.8) is 0 Å². The van der Waals surface area contributed by atoms with E-state index >= 15 is 0 Å². The van der Waals surface area contributed by atoms with E-state index in [2.05, 4.69) is 10.2 Å². The lowest BCUT2D eigenvalue weighted by Crippen LogP contribution is -2.51. The fourth-order valence-corrected chi connectivity index (χ4v) is 4.10. The topological polar surface area (TPSA) is 52.6 Å². The molecule has 5 rings (SSSR count). The van der Waals surface area contributed by atoms with Crippen LogP contribution in [0, 0.1) is 17.7 Å². The van der Waals surface area contributed by atoms with Gasteiger partial charge in [0.25, 0.3) is 0 Å². The van der Waals surface area contributed by atoms with Crippen molar-refractivity contribution in [1.82, 2.24) is 4.90 Å². The molecular formula is C21H23FN2O2. The van der Waals surface area contributed by atoms with Crippen molar-refractivity contribution in [2.45, 2.75) is 19.4 Å². The third-order valence-corrected chi connectivity index (χ3v) is 5.70. The minimum absolute atomic E-state index is 0.0808. The number of rotatable bonds is 4. The van der Waals surface area contributed by atoms with Crippen LogP contribution in [0.2, 0.25) is 0 Å². The van der Waals surface area contributed by atoms with Crippen LogP contribution in [0.15, 0.2) is 42.5 Å². The summed E-state index contributed by atoms with van der Waals surface area (Å²) >= 11 is 0. The Balaban J connectivity index is 1.44. The molecule has 3 aliphatic heterocycles. The zero-order valence-corrected chi connectivity index (χ0v) is 14.6. The van der Waals surface area contributed by atoms with Gasteiger partial charge in [-0.2, -0.15) is 0 Å². The third-order valence-electron chi connectivity index (χ3n) is 5.70. The van der Waals surface area contributed by atoms with Crippen LogP contribution in [-0.2, 0) is 11.4 Å². The Morgan fingerprint density at radius 2 is 1.81 bits per heavy atom. The van der Waals surface area contributed by atoms with Gasteiger partial charge in [-0.1, -0.05) is 24.3 Å². The number of benzene rings is 2. The van der Waals surface area contributed by atoms with Gasteiger partial charge in [-0.25, -0.2) is 4.39 Å². The number of nitrogens with zero attached hydrogens (tertiary/aromatic N) is 1.